The van der Waals surface area contributed by atoms with Gasteiger partial charge in [0.15, 0.2) is 0 Å². The Morgan fingerprint density at radius 2 is 1.65 bits per heavy atom. The van der Waals surface area contributed by atoms with E-state index in [9.17, 15) is 4.79 Å². The van der Waals surface area contributed by atoms with Crippen LogP contribution in [-0.2, 0) is 0 Å². The number of thiazole rings is 1. The van der Waals surface area contributed by atoms with Gasteiger partial charge in [0, 0.05) is 5.69 Å². The normalized spacial score (nSPS) is 11.0. The number of hydrogen-bond donors (Lipinski definition) is 1. The lowest BCUT2D eigenvalue weighted by atomic mass is 10.0. The fraction of sp³-hybridized carbons (Fsp3) is 0.0526. The number of anilines is 1. The highest BCUT2D eigenvalue weighted by molar-refractivity contribution is 7.12. The Morgan fingerprint density at radius 1 is 0.957 bits per heavy atom. The number of benzene rings is 3. The summed E-state index contributed by atoms with van der Waals surface area (Å²) >= 11 is 1.36. The number of aryl methyl sites for hydroxylation is 1. The van der Waals surface area contributed by atoms with Crippen molar-refractivity contribution in [2.24, 2.45) is 0 Å². The first-order valence-corrected chi connectivity index (χ1v) is 8.23. The summed E-state index contributed by atoms with van der Waals surface area (Å²) in [7, 11) is 0. The van der Waals surface area contributed by atoms with Crippen molar-refractivity contribution in [1.82, 2.24) is 4.98 Å². The smallest absolute Gasteiger partial charge is 0.267 e. The fourth-order valence-corrected chi connectivity index (χ4v) is 3.42. The zero-order chi connectivity index (χ0) is 15.8. The topological polar surface area (TPSA) is 42.0 Å². The summed E-state index contributed by atoms with van der Waals surface area (Å²) in [6.45, 7) is 1.85. The van der Waals surface area contributed by atoms with Gasteiger partial charge in [0.25, 0.3) is 5.91 Å². The molecule has 0 bridgehead atoms. The maximum Gasteiger partial charge on any atom is 0.267 e. The molecule has 1 amide bonds. The number of carbonyl (C=O) groups is 1. The maximum absolute atomic E-state index is 12.3. The van der Waals surface area contributed by atoms with Crippen LogP contribution in [0.25, 0.3) is 21.5 Å². The van der Waals surface area contributed by atoms with Gasteiger partial charge in [-0.1, -0.05) is 30.3 Å². The molecule has 1 aromatic heterocycles. The number of hydrogen-bond acceptors (Lipinski definition) is 3. The van der Waals surface area contributed by atoms with Gasteiger partial charge in [0.05, 0.1) is 11.2 Å². The highest BCUT2D eigenvalue weighted by Crippen LogP contribution is 2.26. The third-order valence-corrected chi connectivity index (χ3v) is 4.84. The minimum Gasteiger partial charge on any atom is -0.321 e. The van der Waals surface area contributed by atoms with Crippen LogP contribution in [0.4, 0.5) is 5.69 Å². The van der Waals surface area contributed by atoms with Crippen molar-refractivity contribution < 1.29 is 4.79 Å². The first-order chi connectivity index (χ1) is 11.2. The van der Waals surface area contributed by atoms with Crippen LogP contribution >= 0.6 is 11.3 Å². The van der Waals surface area contributed by atoms with E-state index in [-0.39, 0.29) is 5.91 Å². The van der Waals surface area contributed by atoms with Crippen molar-refractivity contribution in [3.05, 3.63) is 70.7 Å². The van der Waals surface area contributed by atoms with Gasteiger partial charge in [-0.05, 0) is 52.7 Å². The van der Waals surface area contributed by atoms with Crippen LogP contribution in [-0.4, -0.2) is 10.9 Å². The summed E-state index contributed by atoms with van der Waals surface area (Å²) in [6.07, 6.45) is 0. The Morgan fingerprint density at radius 3 is 2.35 bits per heavy atom. The molecule has 4 aromatic rings. The molecule has 1 heterocycles. The number of rotatable bonds is 2. The fourth-order valence-electron chi connectivity index (χ4n) is 2.73. The van der Waals surface area contributed by atoms with Gasteiger partial charge in [0.1, 0.15) is 4.88 Å². The Kier molecular flexibility index (Phi) is 3.32. The quantitative estimate of drug-likeness (QED) is 0.528. The largest absolute Gasteiger partial charge is 0.321 e. The second kappa shape index (κ2) is 5.48. The highest BCUT2D eigenvalue weighted by atomic mass is 32.1. The second-order valence-corrected chi connectivity index (χ2v) is 6.34. The van der Waals surface area contributed by atoms with Crippen molar-refractivity contribution in [3.63, 3.8) is 0 Å². The van der Waals surface area contributed by atoms with Crippen molar-refractivity contribution in [2.75, 3.05) is 5.32 Å². The molecule has 0 aliphatic heterocycles. The zero-order valence-corrected chi connectivity index (χ0v) is 13.4. The van der Waals surface area contributed by atoms with Crippen molar-refractivity contribution in [2.45, 2.75) is 6.92 Å². The molecule has 0 saturated carbocycles. The number of nitrogens with one attached hydrogen (secondary N) is 1. The molecule has 4 heteroatoms. The van der Waals surface area contributed by atoms with Gasteiger partial charge in [-0.2, -0.15) is 0 Å². The van der Waals surface area contributed by atoms with E-state index in [1.165, 1.54) is 22.1 Å². The van der Waals surface area contributed by atoms with E-state index in [2.05, 4.69) is 34.6 Å². The summed E-state index contributed by atoms with van der Waals surface area (Å²) in [4.78, 5) is 17.1. The van der Waals surface area contributed by atoms with Gasteiger partial charge in [-0.3, -0.25) is 4.79 Å². The van der Waals surface area contributed by atoms with Gasteiger partial charge >= 0.3 is 0 Å². The van der Waals surface area contributed by atoms with Crippen LogP contribution in [0.15, 0.2) is 60.1 Å². The van der Waals surface area contributed by atoms with Gasteiger partial charge in [-0.15, -0.1) is 11.3 Å². The molecule has 112 valence electrons. The monoisotopic (exact) mass is 318 g/mol. The van der Waals surface area contributed by atoms with Crippen LogP contribution < -0.4 is 5.32 Å². The number of nitrogens with zero attached hydrogens (tertiary/aromatic N) is 1. The van der Waals surface area contributed by atoms with E-state index < -0.39 is 0 Å². The molecule has 3 aromatic carbocycles. The summed E-state index contributed by atoms with van der Waals surface area (Å²) in [6, 6.07) is 18.6. The third kappa shape index (κ3) is 2.58. The number of amides is 1. The van der Waals surface area contributed by atoms with Crippen LogP contribution in [0.2, 0.25) is 0 Å². The van der Waals surface area contributed by atoms with Crippen LogP contribution in [0.3, 0.4) is 0 Å². The van der Waals surface area contributed by atoms with Gasteiger partial charge in [0.2, 0.25) is 0 Å². The van der Waals surface area contributed by atoms with Crippen LogP contribution in [0.1, 0.15) is 15.4 Å². The van der Waals surface area contributed by atoms with E-state index in [0.29, 0.717) is 4.88 Å². The SMILES string of the molecule is Cc1ncsc1C(=O)Nc1ccc2cc3ccccc3cc2c1. The van der Waals surface area contributed by atoms with Gasteiger partial charge in [-0.25, -0.2) is 4.98 Å². The van der Waals surface area contributed by atoms with Gasteiger partial charge < -0.3 is 5.32 Å². The molecule has 0 atom stereocenters. The lowest BCUT2D eigenvalue weighted by molar-refractivity contribution is 0.103. The molecule has 0 fully saturated rings. The Balaban J connectivity index is 1.72. The van der Waals surface area contributed by atoms with Crippen molar-refractivity contribution in [1.29, 1.82) is 0 Å². The molecular weight excluding hydrogens is 304 g/mol. The number of carbonyl (C=O) groups excluding carboxylic acids is 1. The standard InChI is InChI=1S/C19H14N2OS/c1-12-18(23-11-20-12)19(22)21-17-7-6-15-8-13-4-2-3-5-14(13)9-16(15)10-17/h2-11H,1H3,(H,21,22). The average Bonchev–Trinajstić information content (AvgIpc) is 2.99. The molecule has 1 N–H and O–H groups in total. The second-order valence-electron chi connectivity index (χ2n) is 5.48. The number of fused-ring (bicyclic) bond motifs is 2. The first kappa shape index (κ1) is 13.9. The van der Waals surface area contributed by atoms with Crippen LogP contribution in [0.5, 0.6) is 0 Å². The Bertz CT molecular complexity index is 1040. The molecule has 0 aliphatic rings. The minimum atomic E-state index is -0.106. The van der Waals surface area contributed by atoms with Crippen molar-refractivity contribution in [3.8, 4) is 0 Å². The van der Waals surface area contributed by atoms with Crippen molar-refractivity contribution >= 4 is 44.5 Å². The molecule has 0 unspecified atom stereocenters. The summed E-state index contributed by atoms with van der Waals surface area (Å²) in [5.41, 5.74) is 3.25. The van der Waals surface area contributed by atoms with E-state index >= 15 is 0 Å². The molecule has 3 nitrogen and oxygen atoms in total. The summed E-state index contributed by atoms with van der Waals surface area (Å²) in [5.74, 6) is -0.106. The Labute approximate surface area is 137 Å². The highest BCUT2D eigenvalue weighted by Gasteiger charge is 2.12. The molecule has 23 heavy (non-hydrogen) atoms. The predicted molar refractivity (Wildman–Crippen MR) is 96.3 cm³/mol. The molecule has 0 aliphatic carbocycles. The van der Waals surface area contributed by atoms with Crippen LogP contribution in [0, 0.1) is 6.92 Å². The lowest BCUT2D eigenvalue weighted by Gasteiger charge is -2.07. The minimum absolute atomic E-state index is 0.106. The van der Waals surface area contributed by atoms with E-state index in [1.807, 2.05) is 37.3 Å². The first-order valence-electron chi connectivity index (χ1n) is 7.35. The number of aromatic nitrogens is 1. The zero-order valence-electron chi connectivity index (χ0n) is 12.5. The lowest BCUT2D eigenvalue weighted by Crippen LogP contribution is -2.11. The van der Waals surface area contributed by atoms with E-state index in [4.69, 9.17) is 0 Å². The molecular formula is C19H14N2OS. The molecule has 0 saturated heterocycles. The molecule has 4 rings (SSSR count). The average molecular weight is 318 g/mol. The summed E-state index contributed by atoms with van der Waals surface area (Å²) in [5, 5.41) is 7.65. The Hall–Kier alpha value is -2.72. The summed E-state index contributed by atoms with van der Waals surface area (Å²) < 4.78 is 0. The van der Waals surface area contributed by atoms with E-state index in [0.717, 1.165) is 22.2 Å². The molecule has 0 spiro atoms. The molecule has 0 radical (unpaired) electrons. The predicted octanol–water partition coefficient (Wildman–Crippen LogP) is 5.01. The third-order valence-electron chi connectivity index (χ3n) is 3.91. The maximum atomic E-state index is 12.3. The van der Waals surface area contributed by atoms with E-state index in [1.54, 1.807) is 5.51 Å².